The summed E-state index contributed by atoms with van der Waals surface area (Å²) in [5.74, 6) is 1.08. The molecule has 2 heterocycles. The van der Waals surface area contributed by atoms with Crippen LogP contribution < -0.4 is 9.47 Å². The maximum atomic E-state index is 12.4. The van der Waals surface area contributed by atoms with Crippen molar-refractivity contribution in [3.05, 3.63) is 28.2 Å². The molecule has 5 nitrogen and oxygen atoms in total. The van der Waals surface area contributed by atoms with Crippen LogP contribution in [0.4, 0.5) is 0 Å². The highest BCUT2D eigenvalue weighted by Gasteiger charge is 2.21. The smallest absolute Gasteiger partial charge is 0.224 e. The monoisotopic (exact) mass is 266 g/mol. The Morgan fingerprint density at radius 3 is 2.78 bits per heavy atom. The number of carbonyl (C=O) groups is 1. The second-order valence-electron chi connectivity index (χ2n) is 3.56. The molecule has 0 spiro atoms. The summed E-state index contributed by atoms with van der Waals surface area (Å²) < 4.78 is 11.9. The van der Waals surface area contributed by atoms with Gasteiger partial charge in [0.1, 0.15) is 5.75 Å². The van der Waals surface area contributed by atoms with E-state index in [9.17, 15) is 4.79 Å². The topological polar surface area (TPSA) is 53.4 Å². The average Bonchev–Trinajstić information content (AvgIpc) is 3.03. The van der Waals surface area contributed by atoms with Gasteiger partial charge in [-0.2, -0.15) is 5.10 Å². The second kappa shape index (κ2) is 5.22. The van der Waals surface area contributed by atoms with E-state index in [2.05, 4.69) is 5.10 Å². The molecule has 0 aliphatic carbocycles. The average molecular weight is 266 g/mol. The van der Waals surface area contributed by atoms with Crippen LogP contribution in [-0.2, 0) is 6.54 Å². The van der Waals surface area contributed by atoms with Crippen molar-refractivity contribution in [3.8, 4) is 11.5 Å². The fraction of sp³-hybridized carbons (Fsp3) is 0.333. The first-order chi connectivity index (χ1) is 8.71. The first kappa shape index (κ1) is 12.6. The maximum absolute atomic E-state index is 12.4. The molecule has 0 fully saturated rings. The quantitative estimate of drug-likeness (QED) is 0.779. The Kier molecular flexibility index (Phi) is 3.66. The highest BCUT2D eigenvalue weighted by atomic mass is 32.1. The van der Waals surface area contributed by atoms with Gasteiger partial charge in [-0.15, -0.1) is 11.3 Å². The van der Waals surface area contributed by atoms with Crippen molar-refractivity contribution in [2.24, 2.45) is 0 Å². The maximum Gasteiger partial charge on any atom is 0.224 e. The first-order valence-corrected chi connectivity index (χ1v) is 6.36. The largest absolute Gasteiger partial charge is 0.496 e. The van der Waals surface area contributed by atoms with Crippen molar-refractivity contribution < 1.29 is 14.3 Å². The fourth-order valence-electron chi connectivity index (χ4n) is 1.65. The zero-order chi connectivity index (χ0) is 13.1. The van der Waals surface area contributed by atoms with E-state index in [1.165, 1.54) is 18.4 Å². The summed E-state index contributed by atoms with van der Waals surface area (Å²) in [6.07, 6.45) is 1.56. The lowest BCUT2D eigenvalue weighted by molar-refractivity contribution is 0.102. The molecule has 0 aromatic carbocycles. The van der Waals surface area contributed by atoms with Crippen molar-refractivity contribution in [2.45, 2.75) is 13.5 Å². The third-order valence-corrected chi connectivity index (χ3v) is 3.48. The predicted octanol–water partition coefficient (Wildman–Crippen LogP) is 2.21. The summed E-state index contributed by atoms with van der Waals surface area (Å²) in [7, 11) is 3.11. The third kappa shape index (κ3) is 2.11. The van der Waals surface area contributed by atoms with Crippen LogP contribution in [0.5, 0.6) is 11.5 Å². The van der Waals surface area contributed by atoms with Crippen molar-refractivity contribution in [1.82, 2.24) is 9.78 Å². The normalized spacial score (nSPS) is 10.4. The molecular formula is C12H14N2O3S. The molecule has 0 saturated carbocycles. The SMILES string of the molecule is CCn1ncc(OC)c1C(=O)c1cc(OC)cs1. The number of ketones is 1. The molecule has 0 aliphatic rings. The van der Waals surface area contributed by atoms with Crippen molar-refractivity contribution in [1.29, 1.82) is 0 Å². The summed E-state index contributed by atoms with van der Waals surface area (Å²) in [6.45, 7) is 2.55. The van der Waals surface area contributed by atoms with Crippen LogP contribution in [-0.4, -0.2) is 29.8 Å². The molecule has 0 atom stereocenters. The minimum Gasteiger partial charge on any atom is -0.496 e. The van der Waals surface area contributed by atoms with Crippen LogP contribution in [0.2, 0.25) is 0 Å². The highest BCUT2D eigenvalue weighted by Crippen LogP contribution is 2.27. The number of hydrogen-bond donors (Lipinski definition) is 0. The minimum atomic E-state index is -0.0977. The van der Waals surface area contributed by atoms with Gasteiger partial charge in [0.15, 0.2) is 11.4 Å². The van der Waals surface area contributed by atoms with E-state index in [1.807, 2.05) is 6.92 Å². The molecule has 0 saturated heterocycles. The number of aromatic nitrogens is 2. The molecule has 18 heavy (non-hydrogen) atoms. The Morgan fingerprint density at radius 1 is 1.44 bits per heavy atom. The first-order valence-electron chi connectivity index (χ1n) is 5.48. The molecule has 0 N–H and O–H groups in total. The predicted molar refractivity (Wildman–Crippen MR) is 68.8 cm³/mol. The number of aryl methyl sites for hydroxylation is 1. The Balaban J connectivity index is 2.41. The van der Waals surface area contributed by atoms with Gasteiger partial charge < -0.3 is 9.47 Å². The van der Waals surface area contributed by atoms with E-state index in [-0.39, 0.29) is 5.78 Å². The molecular weight excluding hydrogens is 252 g/mol. The van der Waals surface area contributed by atoms with Gasteiger partial charge in [0.2, 0.25) is 5.78 Å². The lowest BCUT2D eigenvalue weighted by Crippen LogP contribution is -2.10. The van der Waals surface area contributed by atoms with E-state index in [0.29, 0.717) is 28.6 Å². The fourth-order valence-corrected chi connectivity index (χ4v) is 2.44. The molecule has 0 radical (unpaired) electrons. The van der Waals surface area contributed by atoms with E-state index in [0.717, 1.165) is 0 Å². The van der Waals surface area contributed by atoms with Gasteiger partial charge in [-0.05, 0) is 6.92 Å². The van der Waals surface area contributed by atoms with Gasteiger partial charge >= 0.3 is 0 Å². The van der Waals surface area contributed by atoms with Crippen LogP contribution in [0.1, 0.15) is 22.3 Å². The number of ether oxygens (including phenoxy) is 2. The standard InChI is InChI=1S/C12H14N2O3S/c1-4-14-11(9(17-3)6-13-14)12(15)10-5-8(16-2)7-18-10/h5-7H,4H2,1-3H3. The van der Waals surface area contributed by atoms with Gasteiger partial charge in [-0.1, -0.05) is 0 Å². The zero-order valence-corrected chi connectivity index (χ0v) is 11.3. The third-order valence-electron chi connectivity index (χ3n) is 2.58. The lowest BCUT2D eigenvalue weighted by Gasteiger charge is -2.04. The number of nitrogens with zero attached hydrogens (tertiary/aromatic N) is 2. The van der Waals surface area contributed by atoms with E-state index in [1.54, 1.807) is 29.4 Å². The number of rotatable bonds is 5. The Bertz CT molecular complexity index is 538. The molecule has 0 bridgehead atoms. The van der Waals surface area contributed by atoms with Crippen LogP contribution in [0.15, 0.2) is 17.6 Å². The second-order valence-corrected chi connectivity index (χ2v) is 4.47. The Hall–Kier alpha value is -1.82. The van der Waals surface area contributed by atoms with Crippen molar-refractivity contribution >= 4 is 17.1 Å². The minimum absolute atomic E-state index is 0.0977. The van der Waals surface area contributed by atoms with Gasteiger partial charge in [0, 0.05) is 18.0 Å². The summed E-state index contributed by atoms with van der Waals surface area (Å²) >= 11 is 1.35. The van der Waals surface area contributed by atoms with Crippen molar-refractivity contribution in [3.63, 3.8) is 0 Å². The van der Waals surface area contributed by atoms with Gasteiger partial charge in [-0.3, -0.25) is 9.48 Å². The molecule has 6 heteroatoms. The number of methoxy groups -OCH3 is 2. The number of hydrogen-bond acceptors (Lipinski definition) is 5. The molecule has 2 aromatic heterocycles. The Morgan fingerprint density at radius 2 is 2.22 bits per heavy atom. The molecule has 2 rings (SSSR count). The van der Waals surface area contributed by atoms with Crippen LogP contribution in [0, 0.1) is 0 Å². The summed E-state index contributed by atoms with van der Waals surface area (Å²) in [4.78, 5) is 13.0. The van der Waals surface area contributed by atoms with Gasteiger partial charge in [0.25, 0.3) is 0 Å². The Labute approximate surface area is 109 Å². The van der Waals surface area contributed by atoms with Crippen LogP contribution in [0.3, 0.4) is 0 Å². The lowest BCUT2D eigenvalue weighted by atomic mass is 10.2. The van der Waals surface area contributed by atoms with Crippen molar-refractivity contribution in [2.75, 3.05) is 14.2 Å². The number of carbonyl (C=O) groups excluding carboxylic acids is 1. The van der Waals surface area contributed by atoms with Gasteiger partial charge in [-0.25, -0.2) is 0 Å². The van der Waals surface area contributed by atoms with E-state index < -0.39 is 0 Å². The van der Waals surface area contributed by atoms with Crippen LogP contribution in [0.25, 0.3) is 0 Å². The molecule has 0 amide bonds. The van der Waals surface area contributed by atoms with E-state index >= 15 is 0 Å². The summed E-state index contributed by atoms with van der Waals surface area (Å²) in [5.41, 5.74) is 0.476. The highest BCUT2D eigenvalue weighted by molar-refractivity contribution is 7.12. The zero-order valence-electron chi connectivity index (χ0n) is 10.5. The summed E-state index contributed by atoms with van der Waals surface area (Å²) in [5, 5.41) is 5.92. The molecule has 0 aliphatic heterocycles. The summed E-state index contributed by atoms with van der Waals surface area (Å²) in [6, 6.07) is 1.72. The number of thiophene rings is 1. The van der Waals surface area contributed by atoms with Gasteiger partial charge in [0.05, 0.1) is 25.3 Å². The molecule has 96 valence electrons. The van der Waals surface area contributed by atoms with Crippen LogP contribution >= 0.6 is 11.3 Å². The molecule has 2 aromatic rings. The molecule has 0 unspecified atom stereocenters. The van der Waals surface area contributed by atoms with E-state index in [4.69, 9.17) is 9.47 Å².